The van der Waals surface area contributed by atoms with Crippen LogP contribution >= 0.6 is 0 Å². The SMILES string of the molecule is Cc1cc(C(=O)O)nc(Oc2cc(F)ccc2C)n1. The Bertz CT molecular complexity index is 644. The van der Waals surface area contributed by atoms with Crippen molar-refractivity contribution >= 4 is 5.97 Å². The third-order valence-corrected chi connectivity index (χ3v) is 2.40. The van der Waals surface area contributed by atoms with Gasteiger partial charge >= 0.3 is 12.0 Å². The number of hydrogen-bond donors (Lipinski definition) is 1. The van der Waals surface area contributed by atoms with Gasteiger partial charge in [-0.3, -0.25) is 0 Å². The van der Waals surface area contributed by atoms with Crippen molar-refractivity contribution in [1.82, 2.24) is 9.97 Å². The van der Waals surface area contributed by atoms with Gasteiger partial charge in [-0.2, -0.15) is 4.98 Å². The predicted molar refractivity (Wildman–Crippen MR) is 64.9 cm³/mol. The fourth-order valence-electron chi connectivity index (χ4n) is 1.48. The van der Waals surface area contributed by atoms with Gasteiger partial charge in [0.05, 0.1) is 0 Å². The molecule has 0 saturated heterocycles. The van der Waals surface area contributed by atoms with Gasteiger partial charge in [0, 0.05) is 11.8 Å². The van der Waals surface area contributed by atoms with Crippen molar-refractivity contribution in [2.75, 3.05) is 0 Å². The molecule has 0 amide bonds. The highest BCUT2D eigenvalue weighted by Gasteiger charge is 2.11. The lowest BCUT2D eigenvalue weighted by Crippen LogP contribution is -2.04. The van der Waals surface area contributed by atoms with Crippen LogP contribution in [0, 0.1) is 19.7 Å². The molecule has 2 rings (SSSR count). The van der Waals surface area contributed by atoms with Crippen LogP contribution in [0.1, 0.15) is 21.7 Å². The molecule has 0 aliphatic rings. The standard InChI is InChI=1S/C13H11FN2O3/c1-7-3-4-9(14)6-11(7)19-13-15-8(2)5-10(16-13)12(17)18/h3-6H,1-2H3,(H,17,18). The maximum absolute atomic E-state index is 13.1. The van der Waals surface area contributed by atoms with Gasteiger partial charge in [0.1, 0.15) is 11.6 Å². The lowest BCUT2D eigenvalue weighted by molar-refractivity contribution is 0.0689. The molecule has 2 aromatic rings. The van der Waals surface area contributed by atoms with E-state index in [4.69, 9.17) is 9.84 Å². The smallest absolute Gasteiger partial charge is 0.354 e. The van der Waals surface area contributed by atoms with E-state index in [0.29, 0.717) is 11.3 Å². The second-order valence-electron chi connectivity index (χ2n) is 3.99. The molecule has 1 aromatic heterocycles. The molecule has 0 fully saturated rings. The highest BCUT2D eigenvalue weighted by Crippen LogP contribution is 2.23. The van der Waals surface area contributed by atoms with Crippen LogP contribution in [0.3, 0.4) is 0 Å². The number of aromatic nitrogens is 2. The number of aryl methyl sites for hydroxylation is 2. The summed E-state index contributed by atoms with van der Waals surface area (Å²) in [5.74, 6) is -1.38. The molecule has 19 heavy (non-hydrogen) atoms. The largest absolute Gasteiger partial charge is 0.477 e. The van der Waals surface area contributed by atoms with Crippen molar-refractivity contribution in [1.29, 1.82) is 0 Å². The third-order valence-electron chi connectivity index (χ3n) is 2.40. The van der Waals surface area contributed by atoms with Crippen molar-refractivity contribution in [2.24, 2.45) is 0 Å². The van der Waals surface area contributed by atoms with Gasteiger partial charge in [-0.05, 0) is 31.5 Å². The topological polar surface area (TPSA) is 72.3 Å². The Hall–Kier alpha value is -2.50. The van der Waals surface area contributed by atoms with Gasteiger partial charge in [-0.25, -0.2) is 14.2 Å². The molecular weight excluding hydrogens is 251 g/mol. The monoisotopic (exact) mass is 262 g/mol. The average molecular weight is 262 g/mol. The molecule has 0 atom stereocenters. The predicted octanol–water partition coefficient (Wildman–Crippen LogP) is 2.72. The van der Waals surface area contributed by atoms with Crippen LogP contribution in [-0.2, 0) is 0 Å². The van der Waals surface area contributed by atoms with Crippen molar-refractivity contribution in [3.8, 4) is 11.8 Å². The first-order chi connectivity index (χ1) is 8.95. The summed E-state index contributed by atoms with van der Waals surface area (Å²) in [7, 11) is 0. The molecule has 0 aliphatic heterocycles. The first-order valence-electron chi connectivity index (χ1n) is 5.48. The van der Waals surface area contributed by atoms with Crippen LogP contribution in [-0.4, -0.2) is 21.0 Å². The summed E-state index contributed by atoms with van der Waals surface area (Å²) in [6.45, 7) is 3.36. The molecule has 1 heterocycles. The molecule has 0 saturated carbocycles. The molecule has 98 valence electrons. The number of rotatable bonds is 3. The fourth-order valence-corrected chi connectivity index (χ4v) is 1.48. The molecule has 5 nitrogen and oxygen atoms in total. The Morgan fingerprint density at radius 2 is 2.00 bits per heavy atom. The molecule has 0 radical (unpaired) electrons. The van der Waals surface area contributed by atoms with Crippen molar-refractivity contribution in [3.05, 3.63) is 47.0 Å². The quantitative estimate of drug-likeness (QED) is 0.920. The Balaban J connectivity index is 2.38. The Kier molecular flexibility index (Phi) is 3.41. The molecule has 0 unspecified atom stereocenters. The number of carboxylic acids is 1. The van der Waals surface area contributed by atoms with E-state index in [0.717, 1.165) is 0 Å². The van der Waals surface area contributed by atoms with Gasteiger partial charge in [-0.15, -0.1) is 0 Å². The van der Waals surface area contributed by atoms with E-state index >= 15 is 0 Å². The number of carboxylic acid groups (broad SMARTS) is 1. The normalized spacial score (nSPS) is 10.3. The second-order valence-corrected chi connectivity index (χ2v) is 3.99. The minimum Gasteiger partial charge on any atom is -0.477 e. The van der Waals surface area contributed by atoms with Gasteiger partial charge < -0.3 is 9.84 Å². The maximum atomic E-state index is 13.1. The molecule has 0 aliphatic carbocycles. The zero-order valence-corrected chi connectivity index (χ0v) is 10.3. The Labute approximate surface area is 108 Å². The van der Waals surface area contributed by atoms with Crippen LogP contribution in [0.25, 0.3) is 0 Å². The third kappa shape index (κ3) is 3.04. The van der Waals surface area contributed by atoms with Gasteiger partial charge in [-0.1, -0.05) is 6.07 Å². The van der Waals surface area contributed by atoms with Crippen LogP contribution in [0.2, 0.25) is 0 Å². The Morgan fingerprint density at radius 1 is 1.26 bits per heavy atom. The van der Waals surface area contributed by atoms with E-state index in [1.54, 1.807) is 19.9 Å². The van der Waals surface area contributed by atoms with Gasteiger partial charge in [0.2, 0.25) is 0 Å². The number of hydrogen-bond acceptors (Lipinski definition) is 4. The summed E-state index contributed by atoms with van der Waals surface area (Å²) in [6.07, 6.45) is 0. The average Bonchev–Trinajstić information content (AvgIpc) is 2.33. The van der Waals surface area contributed by atoms with Crippen LogP contribution in [0.15, 0.2) is 24.3 Å². The first kappa shape index (κ1) is 12.9. The summed E-state index contributed by atoms with van der Waals surface area (Å²) in [5, 5.41) is 8.89. The summed E-state index contributed by atoms with van der Waals surface area (Å²) in [5.41, 5.74) is 0.983. The summed E-state index contributed by atoms with van der Waals surface area (Å²) in [4.78, 5) is 18.6. The van der Waals surface area contributed by atoms with Gasteiger partial charge in [0.15, 0.2) is 5.69 Å². The van der Waals surface area contributed by atoms with Crippen molar-refractivity contribution in [2.45, 2.75) is 13.8 Å². The minimum atomic E-state index is -1.17. The van der Waals surface area contributed by atoms with E-state index in [-0.39, 0.29) is 17.5 Å². The lowest BCUT2D eigenvalue weighted by Gasteiger charge is -2.08. The first-order valence-corrected chi connectivity index (χ1v) is 5.48. The van der Waals surface area contributed by atoms with Crippen LogP contribution < -0.4 is 4.74 Å². The zero-order valence-electron chi connectivity index (χ0n) is 10.3. The molecule has 1 N–H and O–H groups in total. The van der Waals surface area contributed by atoms with Crippen LogP contribution in [0.4, 0.5) is 4.39 Å². The fraction of sp³-hybridized carbons (Fsp3) is 0.154. The molecule has 6 heteroatoms. The van der Waals surface area contributed by atoms with E-state index in [1.807, 2.05) is 0 Å². The van der Waals surface area contributed by atoms with Gasteiger partial charge in [0.25, 0.3) is 0 Å². The van der Waals surface area contributed by atoms with E-state index in [2.05, 4.69) is 9.97 Å². The summed E-state index contributed by atoms with van der Waals surface area (Å²) >= 11 is 0. The highest BCUT2D eigenvalue weighted by atomic mass is 19.1. The van der Waals surface area contributed by atoms with E-state index in [1.165, 1.54) is 18.2 Å². The number of halogens is 1. The molecule has 0 spiro atoms. The summed E-state index contributed by atoms with van der Waals surface area (Å²) < 4.78 is 18.5. The number of ether oxygens (including phenoxy) is 1. The number of nitrogens with zero attached hydrogens (tertiary/aromatic N) is 2. The van der Waals surface area contributed by atoms with E-state index in [9.17, 15) is 9.18 Å². The highest BCUT2D eigenvalue weighted by molar-refractivity contribution is 5.85. The van der Waals surface area contributed by atoms with Crippen molar-refractivity contribution < 1.29 is 19.0 Å². The molecular formula is C13H11FN2O3. The maximum Gasteiger partial charge on any atom is 0.354 e. The lowest BCUT2D eigenvalue weighted by atomic mass is 10.2. The number of carbonyl (C=O) groups is 1. The van der Waals surface area contributed by atoms with Crippen molar-refractivity contribution in [3.63, 3.8) is 0 Å². The second kappa shape index (κ2) is 5.01. The molecule has 0 bridgehead atoms. The number of benzene rings is 1. The van der Waals surface area contributed by atoms with E-state index < -0.39 is 11.8 Å². The number of aromatic carboxylic acids is 1. The zero-order chi connectivity index (χ0) is 14.0. The van der Waals surface area contributed by atoms with Crippen LogP contribution in [0.5, 0.6) is 11.8 Å². The minimum absolute atomic E-state index is 0.119. The molecule has 1 aromatic carbocycles. The summed E-state index contributed by atoms with van der Waals surface area (Å²) in [6, 6.07) is 5.27. The Morgan fingerprint density at radius 3 is 2.68 bits per heavy atom.